The second-order valence-corrected chi connectivity index (χ2v) is 4.91. The highest BCUT2D eigenvalue weighted by Gasteiger charge is 2.42. The highest BCUT2D eigenvalue weighted by Crippen LogP contribution is 2.37. The molecular formula is C14H17NO2. The van der Waals surface area contributed by atoms with Crippen molar-refractivity contribution in [1.82, 2.24) is 4.90 Å². The van der Waals surface area contributed by atoms with Crippen LogP contribution in [-0.4, -0.2) is 23.1 Å². The van der Waals surface area contributed by atoms with Gasteiger partial charge in [-0.1, -0.05) is 30.3 Å². The molecule has 1 aromatic rings. The number of benzene rings is 1. The number of rotatable bonds is 2. The summed E-state index contributed by atoms with van der Waals surface area (Å²) in [5, 5.41) is 0. The molecule has 3 nitrogen and oxygen atoms in total. The van der Waals surface area contributed by atoms with E-state index in [0.717, 1.165) is 31.2 Å². The molecule has 0 saturated carbocycles. The van der Waals surface area contributed by atoms with Crippen molar-refractivity contribution in [1.29, 1.82) is 0 Å². The molecule has 0 spiro atoms. The van der Waals surface area contributed by atoms with Gasteiger partial charge in [0.2, 0.25) is 0 Å². The first-order valence-electron chi connectivity index (χ1n) is 6.33. The molecule has 3 heteroatoms. The molecular weight excluding hydrogens is 214 g/mol. The van der Waals surface area contributed by atoms with Crippen molar-refractivity contribution in [3.63, 3.8) is 0 Å². The zero-order valence-corrected chi connectivity index (χ0v) is 9.84. The van der Waals surface area contributed by atoms with E-state index in [1.54, 1.807) is 0 Å². The summed E-state index contributed by atoms with van der Waals surface area (Å²) in [6.07, 6.45) is 4.51. The molecule has 17 heavy (non-hydrogen) atoms. The Hall–Kier alpha value is -1.51. The van der Waals surface area contributed by atoms with Gasteiger partial charge in [-0.3, -0.25) is 0 Å². The third-order valence-electron chi connectivity index (χ3n) is 3.87. The first-order valence-corrected chi connectivity index (χ1v) is 6.33. The van der Waals surface area contributed by atoms with E-state index in [0.29, 0.717) is 18.7 Å². The molecule has 2 saturated heterocycles. The van der Waals surface area contributed by atoms with Gasteiger partial charge in [-0.15, -0.1) is 0 Å². The Bertz CT molecular complexity index is 384. The van der Waals surface area contributed by atoms with Crippen molar-refractivity contribution in [3.8, 4) is 0 Å². The van der Waals surface area contributed by atoms with Crippen LogP contribution >= 0.6 is 0 Å². The number of carbonyl (C=O) groups is 1. The molecule has 2 fully saturated rings. The molecule has 0 aliphatic carbocycles. The monoisotopic (exact) mass is 231 g/mol. The molecule has 0 N–H and O–H groups in total. The van der Waals surface area contributed by atoms with Gasteiger partial charge in [-0.25, -0.2) is 4.79 Å². The average molecular weight is 231 g/mol. The second-order valence-electron chi connectivity index (χ2n) is 4.91. The van der Waals surface area contributed by atoms with Crippen molar-refractivity contribution < 1.29 is 9.53 Å². The maximum atomic E-state index is 12.0. The lowest BCUT2D eigenvalue weighted by Crippen LogP contribution is -2.35. The number of nitrogens with zero attached hydrogens (tertiary/aromatic N) is 1. The van der Waals surface area contributed by atoms with Crippen LogP contribution in [0.4, 0.5) is 4.79 Å². The molecule has 0 unspecified atom stereocenters. The van der Waals surface area contributed by atoms with Crippen LogP contribution in [0.5, 0.6) is 0 Å². The van der Waals surface area contributed by atoms with E-state index in [2.05, 4.69) is 0 Å². The van der Waals surface area contributed by atoms with Crippen LogP contribution in [0.15, 0.2) is 30.3 Å². The molecule has 3 rings (SSSR count). The first kappa shape index (κ1) is 10.6. The van der Waals surface area contributed by atoms with Crippen molar-refractivity contribution >= 4 is 6.09 Å². The van der Waals surface area contributed by atoms with Crippen molar-refractivity contribution in [2.45, 2.75) is 44.4 Å². The Kier molecular flexibility index (Phi) is 2.75. The van der Waals surface area contributed by atoms with Crippen LogP contribution in [-0.2, 0) is 11.3 Å². The SMILES string of the molecule is O=C(OCc1ccccc1)N1C2CCC1CC2. The largest absolute Gasteiger partial charge is 0.445 e. The molecule has 2 bridgehead atoms. The average Bonchev–Trinajstić information content (AvgIpc) is 2.97. The predicted octanol–water partition coefficient (Wildman–Crippen LogP) is 2.95. The fourth-order valence-electron chi connectivity index (χ4n) is 3.00. The number of ether oxygens (including phenoxy) is 1. The summed E-state index contributed by atoms with van der Waals surface area (Å²) < 4.78 is 5.38. The first-order chi connectivity index (χ1) is 8.34. The Morgan fingerprint density at radius 3 is 2.29 bits per heavy atom. The zero-order chi connectivity index (χ0) is 11.7. The van der Waals surface area contributed by atoms with Gasteiger partial charge < -0.3 is 9.64 Å². The molecule has 0 radical (unpaired) electrons. The molecule has 1 aromatic carbocycles. The third kappa shape index (κ3) is 2.02. The number of hydrogen-bond donors (Lipinski definition) is 0. The maximum absolute atomic E-state index is 12.0. The smallest absolute Gasteiger partial charge is 0.410 e. The number of amides is 1. The minimum Gasteiger partial charge on any atom is -0.445 e. The summed E-state index contributed by atoms with van der Waals surface area (Å²) in [5.74, 6) is 0. The van der Waals surface area contributed by atoms with E-state index >= 15 is 0 Å². The number of carbonyl (C=O) groups excluding carboxylic acids is 1. The van der Waals surface area contributed by atoms with Crippen LogP contribution in [0.3, 0.4) is 0 Å². The van der Waals surface area contributed by atoms with E-state index in [1.807, 2.05) is 35.2 Å². The van der Waals surface area contributed by atoms with Crippen LogP contribution in [0, 0.1) is 0 Å². The van der Waals surface area contributed by atoms with Crippen LogP contribution in [0.1, 0.15) is 31.2 Å². The Morgan fingerprint density at radius 1 is 1.12 bits per heavy atom. The lowest BCUT2D eigenvalue weighted by molar-refractivity contribution is 0.0909. The van der Waals surface area contributed by atoms with Gasteiger partial charge in [0.1, 0.15) is 6.61 Å². The fourth-order valence-corrected chi connectivity index (χ4v) is 3.00. The minimum atomic E-state index is -0.126. The highest BCUT2D eigenvalue weighted by atomic mass is 16.6. The Labute approximate surface area is 101 Å². The van der Waals surface area contributed by atoms with E-state index in [-0.39, 0.29) is 6.09 Å². The van der Waals surface area contributed by atoms with Gasteiger partial charge >= 0.3 is 6.09 Å². The number of fused-ring (bicyclic) bond motifs is 2. The van der Waals surface area contributed by atoms with Gasteiger partial charge in [-0.2, -0.15) is 0 Å². The van der Waals surface area contributed by atoms with E-state index < -0.39 is 0 Å². The van der Waals surface area contributed by atoms with Gasteiger partial charge in [0.25, 0.3) is 0 Å². The highest BCUT2D eigenvalue weighted by molar-refractivity contribution is 5.69. The summed E-state index contributed by atoms with van der Waals surface area (Å²) >= 11 is 0. The summed E-state index contributed by atoms with van der Waals surface area (Å²) in [6.45, 7) is 0.385. The topological polar surface area (TPSA) is 29.5 Å². The zero-order valence-electron chi connectivity index (χ0n) is 9.84. The van der Waals surface area contributed by atoms with E-state index in [1.165, 1.54) is 0 Å². The Morgan fingerprint density at radius 2 is 1.71 bits per heavy atom. The molecule has 2 aliphatic heterocycles. The molecule has 2 heterocycles. The minimum absolute atomic E-state index is 0.126. The molecule has 0 aromatic heterocycles. The van der Waals surface area contributed by atoms with Crippen molar-refractivity contribution in [3.05, 3.63) is 35.9 Å². The van der Waals surface area contributed by atoms with Crippen LogP contribution in [0.2, 0.25) is 0 Å². The predicted molar refractivity (Wildman–Crippen MR) is 64.5 cm³/mol. The molecule has 90 valence electrons. The van der Waals surface area contributed by atoms with Crippen molar-refractivity contribution in [2.75, 3.05) is 0 Å². The molecule has 0 atom stereocenters. The van der Waals surface area contributed by atoms with E-state index in [9.17, 15) is 4.79 Å². The summed E-state index contributed by atoms with van der Waals surface area (Å²) in [5.41, 5.74) is 1.05. The van der Waals surface area contributed by atoms with Crippen LogP contribution in [0.25, 0.3) is 0 Å². The molecule has 1 amide bonds. The van der Waals surface area contributed by atoms with Crippen molar-refractivity contribution in [2.24, 2.45) is 0 Å². The third-order valence-corrected chi connectivity index (χ3v) is 3.87. The summed E-state index contributed by atoms with van der Waals surface area (Å²) in [7, 11) is 0. The quantitative estimate of drug-likeness (QED) is 0.783. The maximum Gasteiger partial charge on any atom is 0.410 e. The fraction of sp³-hybridized carbons (Fsp3) is 0.500. The lowest BCUT2D eigenvalue weighted by atomic mass is 10.0. The van der Waals surface area contributed by atoms with Gasteiger partial charge in [0, 0.05) is 12.1 Å². The van der Waals surface area contributed by atoms with E-state index in [4.69, 9.17) is 4.74 Å². The standard InChI is InChI=1S/C14H17NO2/c16-14(15-12-6-7-13(15)9-8-12)17-10-11-4-2-1-3-5-11/h1-5,12-13H,6-10H2. The second kappa shape index (κ2) is 4.40. The van der Waals surface area contributed by atoms with Crippen LogP contribution < -0.4 is 0 Å². The normalized spacial score (nSPS) is 26.2. The Balaban J connectivity index is 1.58. The van der Waals surface area contributed by atoms with Gasteiger partial charge in [-0.05, 0) is 31.2 Å². The summed E-state index contributed by atoms with van der Waals surface area (Å²) in [6, 6.07) is 10.7. The number of hydrogen-bond acceptors (Lipinski definition) is 2. The van der Waals surface area contributed by atoms with Gasteiger partial charge in [0.05, 0.1) is 0 Å². The molecule has 2 aliphatic rings. The lowest BCUT2D eigenvalue weighted by Gasteiger charge is -2.21. The summed E-state index contributed by atoms with van der Waals surface area (Å²) in [4.78, 5) is 13.9. The van der Waals surface area contributed by atoms with Gasteiger partial charge in [0.15, 0.2) is 0 Å².